The predicted octanol–water partition coefficient (Wildman–Crippen LogP) is 16.0. The number of hydrogen-bond acceptors (Lipinski definition) is 1. The van der Waals surface area contributed by atoms with Crippen molar-refractivity contribution in [2.75, 3.05) is 0 Å². The van der Waals surface area contributed by atoms with E-state index >= 15 is 0 Å². The molecule has 3 heteroatoms. The molecule has 2 nitrogen and oxygen atoms in total. The van der Waals surface area contributed by atoms with Crippen molar-refractivity contribution >= 4 is 66.7 Å². The van der Waals surface area contributed by atoms with Gasteiger partial charge in [0.15, 0.2) is 0 Å². The van der Waals surface area contributed by atoms with E-state index in [4.69, 9.17) is 4.99 Å². The van der Waals surface area contributed by atoms with Crippen molar-refractivity contribution in [1.82, 2.24) is 4.57 Å². The molecule has 8 aromatic carbocycles. The topological polar surface area (TPSA) is 17.3 Å². The van der Waals surface area contributed by atoms with Crippen molar-refractivity contribution < 1.29 is 0 Å². The van der Waals surface area contributed by atoms with Crippen LogP contribution in [0.25, 0.3) is 82.8 Å². The van der Waals surface area contributed by atoms with Crippen LogP contribution >= 0.6 is 22.6 Å². The predicted molar refractivity (Wildman–Crippen MR) is 265 cm³/mol. The number of hydrogen-bond donors (Lipinski definition) is 0. The number of nitrogens with zero attached hydrogens (tertiary/aromatic N) is 2. The molecule has 1 atom stereocenters. The lowest BCUT2D eigenvalue weighted by atomic mass is 9.91. The molecule has 0 saturated heterocycles. The van der Waals surface area contributed by atoms with Crippen LogP contribution in [0.4, 0.5) is 0 Å². The number of aromatic nitrogens is 1. The van der Waals surface area contributed by atoms with E-state index in [1.807, 2.05) is 0 Å². The fraction of sp³-hybridized carbons (Fsp3) is 0.0702. The SMILES string of the molecule is C/C(=N\C(=C1\C=CC=CC1C)c1ccc(-c2ccccc2)cc1)n1c2ccccc2c2c3cc(-c4ccc(-c5ccc(I)c(-c6ccccc6C)c5)cc4)ccc3ccc21. The van der Waals surface area contributed by atoms with E-state index in [2.05, 4.69) is 248 Å². The molecular formula is C57H43IN2. The number of aliphatic imine (C=N–C) groups is 1. The number of halogens is 1. The molecule has 1 aromatic heterocycles. The Morgan fingerprint density at radius 3 is 1.93 bits per heavy atom. The normalized spacial score (nSPS) is 15.0. The molecule has 0 saturated carbocycles. The van der Waals surface area contributed by atoms with Gasteiger partial charge in [-0.25, -0.2) is 4.99 Å². The number of aryl methyl sites for hydroxylation is 1. The molecule has 0 amide bonds. The van der Waals surface area contributed by atoms with Crippen LogP contribution in [0.1, 0.15) is 25.0 Å². The van der Waals surface area contributed by atoms with Gasteiger partial charge < -0.3 is 0 Å². The van der Waals surface area contributed by atoms with Crippen LogP contribution in [0.5, 0.6) is 0 Å². The third-order valence-electron chi connectivity index (χ3n) is 12.0. The summed E-state index contributed by atoms with van der Waals surface area (Å²) >= 11 is 2.46. The van der Waals surface area contributed by atoms with Crippen molar-refractivity contribution in [3.05, 3.63) is 220 Å². The van der Waals surface area contributed by atoms with Crippen molar-refractivity contribution in [2.45, 2.75) is 20.8 Å². The van der Waals surface area contributed by atoms with E-state index in [9.17, 15) is 0 Å². The summed E-state index contributed by atoms with van der Waals surface area (Å²) in [7, 11) is 0. The largest absolute Gasteiger partial charge is 0.297 e. The summed E-state index contributed by atoms with van der Waals surface area (Å²) in [4.78, 5) is 5.55. The maximum absolute atomic E-state index is 5.55. The summed E-state index contributed by atoms with van der Waals surface area (Å²) in [5.41, 5.74) is 16.7. The van der Waals surface area contributed by atoms with Crippen LogP contribution in [0.3, 0.4) is 0 Å². The first-order valence-corrected chi connectivity index (χ1v) is 21.7. The second kappa shape index (κ2) is 15.9. The summed E-state index contributed by atoms with van der Waals surface area (Å²) in [6, 6.07) is 64.1. The molecule has 0 fully saturated rings. The van der Waals surface area contributed by atoms with Gasteiger partial charge in [-0.05, 0) is 133 Å². The van der Waals surface area contributed by atoms with Crippen LogP contribution in [0.2, 0.25) is 0 Å². The Labute approximate surface area is 365 Å². The summed E-state index contributed by atoms with van der Waals surface area (Å²) in [5, 5.41) is 4.92. The first-order valence-electron chi connectivity index (χ1n) is 20.6. The third kappa shape index (κ3) is 6.93. The molecule has 1 heterocycles. The lowest BCUT2D eigenvalue weighted by Gasteiger charge is -2.18. The van der Waals surface area contributed by atoms with Crippen LogP contribution < -0.4 is 0 Å². The second-order valence-electron chi connectivity index (χ2n) is 15.8. The van der Waals surface area contributed by atoms with E-state index < -0.39 is 0 Å². The van der Waals surface area contributed by atoms with Gasteiger partial charge in [0, 0.05) is 25.8 Å². The lowest BCUT2D eigenvalue weighted by Crippen LogP contribution is -2.09. The van der Waals surface area contributed by atoms with E-state index in [-0.39, 0.29) is 5.92 Å². The Morgan fingerprint density at radius 1 is 0.550 bits per heavy atom. The Balaban J connectivity index is 1.06. The minimum Gasteiger partial charge on any atom is -0.297 e. The van der Waals surface area contributed by atoms with E-state index in [1.165, 1.54) is 80.8 Å². The molecular weight excluding hydrogens is 840 g/mol. The Bertz CT molecular complexity index is 3210. The highest BCUT2D eigenvalue weighted by Crippen LogP contribution is 2.39. The highest BCUT2D eigenvalue weighted by atomic mass is 127. The minimum absolute atomic E-state index is 0.234. The average molecular weight is 883 g/mol. The van der Waals surface area contributed by atoms with Crippen molar-refractivity contribution in [2.24, 2.45) is 10.9 Å². The third-order valence-corrected chi connectivity index (χ3v) is 13.0. The molecule has 1 aliphatic carbocycles. The van der Waals surface area contributed by atoms with Crippen LogP contribution in [0.15, 0.2) is 211 Å². The molecule has 0 bridgehead atoms. The monoisotopic (exact) mass is 882 g/mol. The zero-order chi connectivity index (χ0) is 40.7. The van der Waals surface area contributed by atoms with E-state index in [1.54, 1.807) is 0 Å². The molecule has 0 radical (unpaired) electrons. The summed E-state index contributed by atoms with van der Waals surface area (Å²) < 4.78 is 3.61. The Hall–Kier alpha value is -6.56. The van der Waals surface area contributed by atoms with Gasteiger partial charge in [0.1, 0.15) is 5.84 Å². The summed E-state index contributed by atoms with van der Waals surface area (Å²) in [5.74, 6) is 1.16. The zero-order valence-corrected chi connectivity index (χ0v) is 36.1. The fourth-order valence-corrected chi connectivity index (χ4v) is 9.48. The maximum Gasteiger partial charge on any atom is 0.111 e. The van der Waals surface area contributed by atoms with Gasteiger partial charge >= 0.3 is 0 Å². The van der Waals surface area contributed by atoms with Gasteiger partial charge in [0.2, 0.25) is 0 Å². The van der Waals surface area contributed by atoms with E-state index in [0.29, 0.717) is 0 Å². The Kier molecular flexibility index (Phi) is 9.98. The molecule has 0 N–H and O–H groups in total. The molecule has 0 spiro atoms. The van der Waals surface area contributed by atoms with Crippen LogP contribution in [-0.2, 0) is 0 Å². The molecule has 60 heavy (non-hydrogen) atoms. The second-order valence-corrected chi connectivity index (χ2v) is 16.9. The first-order chi connectivity index (χ1) is 29.4. The van der Waals surface area contributed by atoms with Crippen LogP contribution in [0, 0.1) is 16.4 Å². The zero-order valence-electron chi connectivity index (χ0n) is 33.9. The average Bonchev–Trinajstić information content (AvgIpc) is 3.64. The molecule has 1 aliphatic rings. The minimum atomic E-state index is 0.234. The lowest BCUT2D eigenvalue weighted by molar-refractivity contribution is 0.883. The van der Waals surface area contributed by atoms with Gasteiger partial charge in [0.05, 0.1) is 16.7 Å². The first kappa shape index (κ1) is 37.7. The quantitative estimate of drug-likeness (QED) is 0.0899. The van der Waals surface area contributed by atoms with Crippen LogP contribution in [-0.4, -0.2) is 10.4 Å². The molecule has 0 aliphatic heterocycles. The van der Waals surface area contributed by atoms with Crippen molar-refractivity contribution in [3.63, 3.8) is 0 Å². The van der Waals surface area contributed by atoms with Gasteiger partial charge in [-0.15, -0.1) is 0 Å². The van der Waals surface area contributed by atoms with Gasteiger partial charge in [-0.3, -0.25) is 4.57 Å². The van der Waals surface area contributed by atoms with Crippen molar-refractivity contribution in [1.29, 1.82) is 0 Å². The summed E-state index contributed by atoms with van der Waals surface area (Å²) in [6.45, 7) is 6.59. The number of para-hydroxylation sites is 1. The highest BCUT2D eigenvalue weighted by Gasteiger charge is 2.19. The number of rotatable bonds is 6. The molecule has 9 aromatic rings. The maximum atomic E-state index is 5.55. The summed E-state index contributed by atoms with van der Waals surface area (Å²) in [6.07, 6.45) is 8.73. The Morgan fingerprint density at radius 2 is 1.17 bits per heavy atom. The highest BCUT2D eigenvalue weighted by molar-refractivity contribution is 14.1. The molecule has 1 unspecified atom stereocenters. The standard InChI is InChI=1S/C57H43IN2/c1-37-13-7-9-17-48(37)52-36-47(31-33-53(52)58)43-23-21-42(22-24-43)46-30-27-44-32-34-55-56(51(44)35-46)50-19-11-12-20-54(50)60(55)39(3)59-57(49-18-10-8-14-38(49)2)45-28-25-41(26-29-45)40-15-5-4-6-16-40/h4-36,38H,1-3H3/b57-49-,59-39+. The van der Waals surface area contributed by atoms with Gasteiger partial charge in [-0.1, -0.05) is 177 Å². The fourth-order valence-electron chi connectivity index (χ4n) is 8.86. The van der Waals surface area contributed by atoms with Crippen molar-refractivity contribution in [3.8, 4) is 44.5 Å². The van der Waals surface area contributed by atoms with Gasteiger partial charge in [-0.2, -0.15) is 0 Å². The number of benzene rings is 8. The molecule has 288 valence electrons. The smallest absolute Gasteiger partial charge is 0.111 e. The van der Waals surface area contributed by atoms with E-state index in [0.717, 1.165) is 28.1 Å². The number of allylic oxidation sites excluding steroid dienone is 5. The number of fused-ring (bicyclic) bond motifs is 5. The molecule has 10 rings (SSSR count). The van der Waals surface area contributed by atoms with Gasteiger partial charge in [0.25, 0.3) is 0 Å².